The van der Waals surface area contributed by atoms with Gasteiger partial charge in [0, 0.05) is 76.6 Å². The number of carbonyl (C=O) groups is 5. The molecule has 43 heavy (non-hydrogen) atoms. The highest BCUT2D eigenvalue weighted by Gasteiger charge is 1.80. The van der Waals surface area contributed by atoms with Crippen LogP contribution in [-0.2, 0) is 49.3 Å². The van der Waals surface area contributed by atoms with Gasteiger partial charge in [0.05, 0.1) is 12.1 Å². The normalized spacial score (nSPS) is 6.88. The molecule has 0 aromatic heterocycles. The van der Waals surface area contributed by atoms with E-state index in [0.29, 0.717) is 11.4 Å². The van der Waals surface area contributed by atoms with E-state index in [1.54, 1.807) is 33.4 Å². The number of nitrogens with one attached hydrogen (secondary N) is 2. The van der Waals surface area contributed by atoms with Crippen LogP contribution in [0, 0.1) is 0 Å². The SMILES string of the molecule is C.C.C.C.C.CC(C)=O.CC(N)=S.CCC(C)=O.CCNC(C)=O.CNC(C)=O.COC(C)=O.CS(C)(=O)=O.CS(C)=O. The van der Waals surface area contributed by atoms with Crippen molar-refractivity contribution in [2.45, 2.75) is 106 Å². The molecule has 272 valence electrons. The van der Waals surface area contributed by atoms with Crippen molar-refractivity contribution in [3.8, 4) is 0 Å². The predicted molar refractivity (Wildman–Crippen MR) is 196 cm³/mol. The maximum atomic E-state index is 9.93. The molecule has 0 bridgehead atoms. The molecule has 2 amide bonds. The third-order valence-electron chi connectivity index (χ3n) is 1.56. The number of Topliss-reactive ketones (excluding diaryl/α,β-unsaturated/α-hetero) is 2. The summed E-state index contributed by atoms with van der Waals surface area (Å²) < 4.78 is 32.9. The number of methoxy groups -OCH3 is 1. The summed E-state index contributed by atoms with van der Waals surface area (Å²) >= 11 is 4.31. The van der Waals surface area contributed by atoms with Gasteiger partial charge < -0.3 is 30.7 Å². The number of esters is 1. The number of thiocarbonyl (C=S) groups is 1. The van der Waals surface area contributed by atoms with Crippen molar-refractivity contribution in [3.63, 3.8) is 0 Å². The number of sulfone groups is 1. The highest BCUT2D eigenvalue weighted by molar-refractivity contribution is 7.89. The second kappa shape index (κ2) is 67.4. The van der Waals surface area contributed by atoms with Crippen LogP contribution in [0.25, 0.3) is 0 Å². The van der Waals surface area contributed by atoms with Crippen molar-refractivity contribution >= 4 is 67.2 Å². The molecule has 0 saturated heterocycles. The van der Waals surface area contributed by atoms with Gasteiger partial charge >= 0.3 is 5.97 Å². The Morgan fingerprint density at radius 1 is 0.791 bits per heavy atom. The Bertz CT molecular complexity index is 663. The van der Waals surface area contributed by atoms with Gasteiger partial charge in [-0.05, 0) is 34.6 Å². The Labute approximate surface area is 275 Å². The van der Waals surface area contributed by atoms with Crippen LogP contribution >= 0.6 is 12.2 Å². The minimum Gasteiger partial charge on any atom is -0.469 e. The van der Waals surface area contributed by atoms with E-state index in [0.717, 1.165) is 19.1 Å². The van der Waals surface area contributed by atoms with E-state index in [1.165, 1.54) is 41.7 Å². The lowest BCUT2D eigenvalue weighted by molar-refractivity contribution is -0.138. The van der Waals surface area contributed by atoms with Gasteiger partial charge in [-0.1, -0.05) is 56.3 Å². The lowest BCUT2D eigenvalue weighted by Crippen LogP contribution is -2.18. The minimum atomic E-state index is -2.67. The zero-order valence-electron chi connectivity index (χ0n) is 25.9. The molecule has 0 fully saturated rings. The number of carbonyl (C=O) groups excluding carboxylic acids is 5. The second-order valence-electron chi connectivity index (χ2n) is 7.05. The van der Waals surface area contributed by atoms with E-state index in [-0.39, 0.29) is 66.5 Å². The Balaban J connectivity index is -0.0000000215. The molecule has 15 heteroatoms. The maximum absolute atomic E-state index is 9.93. The smallest absolute Gasteiger partial charge is 0.302 e. The van der Waals surface area contributed by atoms with Crippen molar-refractivity contribution in [1.82, 2.24) is 10.6 Å². The fraction of sp³-hybridized carbons (Fsp3) is 0.786. The molecular formula is C28H73N3O9S3. The van der Waals surface area contributed by atoms with E-state index in [4.69, 9.17) is 5.73 Å². The van der Waals surface area contributed by atoms with E-state index in [9.17, 15) is 36.6 Å². The Kier molecular flexibility index (Phi) is 131. The quantitative estimate of drug-likeness (QED) is 0.266. The lowest BCUT2D eigenvalue weighted by atomic mass is 10.4. The Morgan fingerprint density at radius 3 is 0.930 bits per heavy atom. The van der Waals surface area contributed by atoms with Crippen LogP contribution in [0.4, 0.5) is 0 Å². The summed E-state index contributed by atoms with van der Waals surface area (Å²) in [4.78, 5) is 49.0. The van der Waals surface area contributed by atoms with Crippen LogP contribution in [-0.4, -0.2) is 92.7 Å². The number of hydrogen-bond acceptors (Lipinski definition) is 10. The topological polar surface area (TPSA) is 196 Å². The maximum Gasteiger partial charge on any atom is 0.302 e. The summed E-state index contributed by atoms with van der Waals surface area (Å²) in [5, 5.41) is 4.96. The van der Waals surface area contributed by atoms with Crippen molar-refractivity contribution in [2.75, 3.05) is 45.7 Å². The first kappa shape index (κ1) is 83.6. The van der Waals surface area contributed by atoms with E-state index >= 15 is 0 Å². The third-order valence-corrected chi connectivity index (χ3v) is 1.56. The molecule has 0 radical (unpaired) electrons. The molecule has 0 aliphatic heterocycles. The second-order valence-corrected chi connectivity index (χ2v) is 11.5. The van der Waals surface area contributed by atoms with Crippen molar-refractivity contribution in [1.29, 1.82) is 0 Å². The molecular weight excluding hydrogens is 619 g/mol. The average Bonchev–Trinajstić information content (AvgIpc) is 2.66. The fourth-order valence-corrected chi connectivity index (χ4v) is 0.249. The summed E-state index contributed by atoms with van der Waals surface area (Å²) in [6, 6.07) is 0. The molecule has 0 aromatic rings. The Morgan fingerprint density at radius 2 is 0.930 bits per heavy atom. The number of hydrogen-bond donors (Lipinski definition) is 3. The summed E-state index contributed by atoms with van der Waals surface area (Å²) in [6.45, 7) is 15.1. The summed E-state index contributed by atoms with van der Waals surface area (Å²) in [5.41, 5.74) is 4.84. The van der Waals surface area contributed by atoms with Gasteiger partial charge in [-0.25, -0.2) is 8.42 Å². The van der Waals surface area contributed by atoms with E-state index in [1.807, 2.05) is 13.8 Å². The molecule has 0 aromatic carbocycles. The zero-order valence-corrected chi connectivity index (χ0v) is 28.3. The molecule has 0 aliphatic rings. The fourth-order valence-electron chi connectivity index (χ4n) is 0.249. The highest BCUT2D eigenvalue weighted by Crippen LogP contribution is 1.71. The van der Waals surface area contributed by atoms with Gasteiger partial charge in [-0.2, -0.15) is 0 Å². The van der Waals surface area contributed by atoms with Crippen LogP contribution in [0.15, 0.2) is 0 Å². The monoisotopic (exact) mass is 691 g/mol. The van der Waals surface area contributed by atoms with Crippen molar-refractivity contribution < 1.29 is 41.3 Å². The van der Waals surface area contributed by atoms with Crippen molar-refractivity contribution in [3.05, 3.63) is 0 Å². The van der Waals surface area contributed by atoms with Crippen LogP contribution < -0.4 is 16.4 Å². The van der Waals surface area contributed by atoms with Crippen LogP contribution in [0.1, 0.15) is 106 Å². The highest BCUT2D eigenvalue weighted by atomic mass is 32.2. The van der Waals surface area contributed by atoms with Gasteiger partial charge in [0.1, 0.15) is 21.4 Å². The predicted octanol–water partition coefficient (Wildman–Crippen LogP) is 4.78. The molecule has 0 rings (SSSR count). The molecule has 0 heterocycles. The number of ether oxygens (including phenoxy) is 1. The molecule has 0 saturated carbocycles. The summed E-state index contributed by atoms with van der Waals surface area (Å²) in [7, 11) is -0.329. The largest absolute Gasteiger partial charge is 0.469 e. The third kappa shape index (κ3) is 1250. The zero-order chi connectivity index (χ0) is 33.1. The molecule has 0 aliphatic carbocycles. The summed E-state index contributed by atoms with van der Waals surface area (Å²) in [5.74, 6) is 0.220. The minimum absolute atomic E-state index is 0. The van der Waals surface area contributed by atoms with E-state index < -0.39 is 20.6 Å². The van der Waals surface area contributed by atoms with Gasteiger partial charge in [0.25, 0.3) is 0 Å². The van der Waals surface area contributed by atoms with Gasteiger partial charge in [0.15, 0.2) is 0 Å². The Hall–Kier alpha value is -2.26. The first-order valence-corrected chi connectivity index (χ1v) is 15.6. The first-order chi connectivity index (χ1) is 16.8. The first-order valence-electron chi connectivity index (χ1n) is 10.9. The molecule has 0 unspecified atom stereocenters. The van der Waals surface area contributed by atoms with Gasteiger partial charge in [-0.15, -0.1) is 0 Å². The number of rotatable bonds is 2. The van der Waals surface area contributed by atoms with Crippen LogP contribution in [0.5, 0.6) is 0 Å². The number of ketones is 2. The molecule has 4 N–H and O–H groups in total. The average molecular weight is 692 g/mol. The number of nitrogens with two attached hydrogens (primary N) is 1. The van der Waals surface area contributed by atoms with Gasteiger partial charge in [-0.3, -0.25) is 18.6 Å². The molecule has 0 spiro atoms. The van der Waals surface area contributed by atoms with Gasteiger partial charge in [0.2, 0.25) is 11.8 Å². The molecule has 0 atom stereocenters. The standard InChI is InChI=1S/C4H9NO.C4H8O.C3H7NO.C3H6O2.C3H6O.C2H5NS.C2H6O2S.C2H6OS.5CH4/c1-3-5-4(2)6;1-3-4(2)5;1-3(5)4-2;1-3(4)5-2;1-3(2)4;1-2(3)4;1-5(2,3)4;1-4(2)3;;;;;/h3H2,1-2H3,(H,5,6);3H2,1-2H3;1-2H3,(H,4,5);1-2H3;1-2H3;1H3,(H2,3,4);1-2H3;1-2H3;5*1H4. The summed E-state index contributed by atoms with van der Waals surface area (Å²) in [6.07, 6.45) is 6.26. The molecule has 12 nitrogen and oxygen atoms in total. The lowest BCUT2D eigenvalue weighted by Gasteiger charge is -1.88. The van der Waals surface area contributed by atoms with Crippen LogP contribution in [0.3, 0.4) is 0 Å². The van der Waals surface area contributed by atoms with E-state index in [2.05, 4.69) is 27.6 Å². The van der Waals surface area contributed by atoms with Crippen molar-refractivity contribution in [2.24, 2.45) is 5.73 Å². The van der Waals surface area contributed by atoms with Crippen LogP contribution in [0.2, 0.25) is 0 Å². The number of amides is 2.